The fourth-order valence-electron chi connectivity index (χ4n) is 3.52. The molecule has 1 aliphatic heterocycles. The summed E-state index contributed by atoms with van der Waals surface area (Å²) in [5.41, 5.74) is 2.24. The fraction of sp³-hybridized carbons (Fsp3) is 0.450. The smallest absolute Gasteiger partial charge is 0.252 e. The number of nitrogens with one attached hydrogen (secondary N) is 2. The number of hydrogen-bond acceptors (Lipinski definition) is 5. The first kappa shape index (κ1) is 18.1. The number of rotatable bonds is 4. The maximum atomic E-state index is 13.1. The lowest BCUT2D eigenvalue weighted by Crippen LogP contribution is -2.45. The highest BCUT2D eigenvalue weighted by atomic mass is 32.1. The van der Waals surface area contributed by atoms with Crippen LogP contribution in [0.25, 0.3) is 21.6 Å². The topological polar surface area (TPSA) is 71.8 Å². The first-order valence-electron chi connectivity index (χ1n) is 9.49. The third-order valence-corrected chi connectivity index (χ3v) is 5.95. The Balaban J connectivity index is 1.78. The van der Waals surface area contributed by atoms with Crippen molar-refractivity contribution in [1.29, 1.82) is 0 Å². The molecule has 3 aromatic rings. The van der Waals surface area contributed by atoms with Gasteiger partial charge in [0.15, 0.2) is 5.65 Å². The van der Waals surface area contributed by atoms with Gasteiger partial charge in [-0.3, -0.25) is 4.79 Å². The third kappa shape index (κ3) is 3.61. The molecule has 0 spiro atoms. The van der Waals surface area contributed by atoms with Crippen molar-refractivity contribution in [3.05, 3.63) is 34.8 Å². The molecule has 4 heterocycles. The van der Waals surface area contributed by atoms with E-state index in [4.69, 9.17) is 4.98 Å². The van der Waals surface area contributed by atoms with E-state index >= 15 is 0 Å². The number of amides is 1. The molecule has 1 saturated heterocycles. The van der Waals surface area contributed by atoms with Gasteiger partial charge in [-0.05, 0) is 58.4 Å². The molecule has 1 fully saturated rings. The molecular formula is C20H25N5OS. The van der Waals surface area contributed by atoms with Gasteiger partial charge in [0.2, 0.25) is 0 Å². The molecule has 142 valence electrons. The van der Waals surface area contributed by atoms with Crippen LogP contribution >= 0.6 is 11.3 Å². The van der Waals surface area contributed by atoms with Gasteiger partial charge in [-0.25, -0.2) is 9.67 Å². The van der Waals surface area contributed by atoms with Crippen molar-refractivity contribution in [3.63, 3.8) is 0 Å². The summed E-state index contributed by atoms with van der Waals surface area (Å²) in [6, 6.07) is 6.40. The Bertz CT molecular complexity index is 968. The van der Waals surface area contributed by atoms with Crippen LogP contribution in [0.1, 0.15) is 48.0 Å². The van der Waals surface area contributed by atoms with Crippen LogP contribution < -0.4 is 10.6 Å². The van der Waals surface area contributed by atoms with Gasteiger partial charge in [-0.15, -0.1) is 11.3 Å². The van der Waals surface area contributed by atoms with E-state index in [2.05, 4.69) is 48.6 Å². The molecule has 1 amide bonds. The van der Waals surface area contributed by atoms with Crippen molar-refractivity contribution in [2.75, 3.05) is 13.1 Å². The van der Waals surface area contributed by atoms with Crippen molar-refractivity contribution in [3.8, 4) is 10.6 Å². The van der Waals surface area contributed by atoms with Crippen LogP contribution in [0.15, 0.2) is 24.4 Å². The molecule has 0 aliphatic carbocycles. The number of aryl methyl sites for hydroxylation is 1. The number of carbonyl (C=O) groups excluding carboxylic acids is 1. The van der Waals surface area contributed by atoms with E-state index in [-0.39, 0.29) is 18.0 Å². The number of carbonyl (C=O) groups is 1. The maximum absolute atomic E-state index is 13.1. The molecule has 2 N–H and O–H groups in total. The van der Waals surface area contributed by atoms with E-state index in [9.17, 15) is 4.79 Å². The molecule has 0 unspecified atom stereocenters. The highest BCUT2D eigenvalue weighted by Gasteiger charge is 2.22. The minimum Gasteiger partial charge on any atom is -0.348 e. The van der Waals surface area contributed by atoms with Crippen molar-refractivity contribution in [2.24, 2.45) is 0 Å². The van der Waals surface area contributed by atoms with Gasteiger partial charge in [-0.1, -0.05) is 0 Å². The molecular weight excluding hydrogens is 358 g/mol. The van der Waals surface area contributed by atoms with Gasteiger partial charge in [0.05, 0.1) is 27.7 Å². The Morgan fingerprint density at radius 2 is 2.26 bits per heavy atom. The highest BCUT2D eigenvalue weighted by molar-refractivity contribution is 7.15. The molecule has 4 rings (SSSR count). The molecule has 0 aromatic carbocycles. The molecule has 0 radical (unpaired) electrons. The van der Waals surface area contributed by atoms with Crippen LogP contribution in [0.5, 0.6) is 0 Å². The molecule has 0 bridgehead atoms. The van der Waals surface area contributed by atoms with Crippen LogP contribution in [0.3, 0.4) is 0 Å². The minimum atomic E-state index is -0.0473. The second-order valence-corrected chi connectivity index (χ2v) is 8.69. The number of hydrogen-bond donors (Lipinski definition) is 2. The van der Waals surface area contributed by atoms with E-state index in [1.54, 1.807) is 17.5 Å². The summed E-state index contributed by atoms with van der Waals surface area (Å²) in [6.07, 6.45) is 3.86. The Hall–Kier alpha value is -2.25. The predicted octanol–water partition coefficient (Wildman–Crippen LogP) is 3.53. The summed E-state index contributed by atoms with van der Waals surface area (Å²) >= 11 is 1.69. The number of aromatic nitrogens is 3. The largest absolute Gasteiger partial charge is 0.348 e. The van der Waals surface area contributed by atoms with Crippen LogP contribution in [-0.4, -0.2) is 39.8 Å². The molecule has 27 heavy (non-hydrogen) atoms. The van der Waals surface area contributed by atoms with Gasteiger partial charge < -0.3 is 10.6 Å². The summed E-state index contributed by atoms with van der Waals surface area (Å²) in [7, 11) is 0. The predicted molar refractivity (Wildman–Crippen MR) is 109 cm³/mol. The van der Waals surface area contributed by atoms with Gasteiger partial charge >= 0.3 is 0 Å². The second-order valence-electron chi connectivity index (χ2n) is 7.40. The Kier molecular flexibility index (Phi) is 4.97. The van der Waals surface area contributed by atoms with Crippen LogP contribution in [0.4, 0.5) is 0 Å². The van der Waals surface area contributed by atoms with Gasteiger partial charge in [0.25, 0.3) is 5.91 Å². The summed E-state index contributed by atoms with van der Waals surface area (Å²) in [5, 5.41) is 11.8. The normalized spacial score (nSPS) is 17.6. The quantitative estimate of drug-likeness (QED) is 0.723. The van der Waals surface area contributed by atoms with E-state index in [1.165, 1.54) is 4.88 Å². The summed E-state index contributed by atoms with van der Waals surface area (Å²) in [6.45, 7) is 8.07. The summed E-state index contributed by atoms with van der Waals surface area (Å²) < 4.78 is 1.89. The first-order valence-corrected chi connectivity index (χ1v) is 10.3. The summed E-state index contributed by atoms with van der Waals surface area (Å²) in [5.74, 6) is -0.0473. The Morgan fingerprint density at radius 3 is 2.93 bits per heavy atom. The van der Waals surface area contributed by atoms with Crippen LogP contribution in [0.2, 0.25) is 0 Å². The standard InChI is InChI=1S/C20H25N5OS/c1-12(2)25-19-16(11-22-25)15(20(26)23-14-5-4-8-21-10-14)9-17(24-19)18-7-6-13(3)27-18/h6-7,9,11-12,14,21H,4-5,8,10H2,1-3H3,(H,23,26)/t14-/m0/s1. The Morgan fingerprint density at radius 1 is 1.41 bits per heavy atom. The van der Waals surface area contributed by atoms with E-state index < -0.39 is 0 Å². The molecule has 7 heteroatoms. The SMILES string of the molecule is Cc1ccc(-c2cc(C(=O)N[C@H]3CCCNC3)c3cnn(C(C)C)c3n2)s1. The van der Waals surface area contributed by atoms with Crippen molar-refractivity contribution in [2.45, 2.75) is 45.7 Å². The monoisotopic (exact) mass is 383 g/mol. The van der Waals surface area contributed by atoms with Gasteiger partial charge in [0.1, 0.15) is 0 Å². The van der Waals surface area contributed by atoms with Gasteiger partial charge in [0, 0.05) is 23.5 Å². The zero-order valence-corrected chi connectivity index (χ0v) is 16.8. The molecule has 1 atom stereocenters. The molecule has 0 saturated carbocycles. The molecule has 3 aromatic heterocycles. The highest BCUT2D eigenvalue weighted by Crippen LogP contribution is 2.30. The van der Waals surface area contributed by atoms with Crippen LogP contribution in [-0.2, 0) is 0 Å². The van der Waals surface area contributed by atoms with E-state index in [1.807, 2.05) is 10.7 Å². The number of thiophene rings is 1. The lowest BCUT2D eigenvalue weighted by molar-refractivity contribution is 0.0932. The maximum Gasteiger partial charge on any atom is 0.252 e. The number of piperidine rings is 1. The zero-order chi connectivity index (χ0) is 19.0. The average molecular weight is 384 g/mol. The van der Waals surface area contributed by atoms with Crippen molar-refractivity contribution in [1.82, 2.24) is 25.4 Å². The summed E-state index contributed by atoms with van der Waals surface area (Å²) in [4.78, 5) is 20.2. The minimum absolute atomic E-state index is 0.0473. The van der Waals surface area contributed by atoms with E-state index in [0.29, 0.717) is 5.56 Å². The second kappa shape index (κ2) is 7.40. The fourth-order valence-corrected chi connectivity index (χ4v) is 4.35. The Labute approximate surface area is 163 Å². The first-order chi connectivity index (χ1) is 13.0. The van der Waals surface area contributed by atoms with Crippen LogP contribution in [0, 0.1) is 6.92 Å². The lowest BCUT2D eigenvalue weighted by atomic mass is 10.1. The molecule has 6 nitrogen and oxygen atoms in total. The molecule has 1 aliphatic rings. The van der Waals surface area contributed by atoms with Gasteiger partial charge in [-0.2, -0.15) is 5.10 Å². The average Bonchev–Trinajstić information content (AvgIpc) is 3.27. The zero-order valence-electron chi connectivity index (χ0n) is 16.0. The lowest BCUT2D eigenvalue weighted by Gasteiger charge is -2.24. The van der Waals surface area contributed by atoms with E-state index in [0.717, 1.165) is 47.5 Å². The van der Waals surface area contributed by atoms with Crippen molar-refractivity contribution < 1.29 is 4.79 Å². The number of fused-ring (bicyclic) bond motifs is 1. The number of pyridine rings is 1. The number of nitrogens with zero attached hydrogens (tertiary/aromatic N) is 3. The van der Waals surface area contributed by atoms with Crippen molar-refractivity contribution >= 4 is 28.3 Å². The third-order valence-electron chi connectivity index (χ3n) is 4.93.